The van der Waals surface area contributed by atoms with Gasteiger partial charge in [0.25, 0.3) is 0 Å². The average molecular weight is 911 g/mol. The number of carboxylic acid groups (broad SMARTS) is 1. The van der Waals surface area contributed by atoms with Crippen molar-refractivity contribution in [3.63, 3.8) is 0 Å². The van der Waals surface area contributed by atoms with Crippen LogP contribution >= 0.6 is 7.60 Å². The summed E-state index contributed by atoms with van der Waals surface area (Å²) in [4.78, 5) is 27.6. The fourth-order valence-electron chi connectivity index (χ4n) is 16.3. The number of carbonyl (C=O) groups is 2. The molecule has 0 aromatic rings. The summed E-state index contributed by atoms with van der Waals surface area (Å²) >= 11 is 0. The van der Waals surface area contributed by atoms with Crippen molar-refractivity contribution in [1.82, 2.24) is 10.2 Å². The fraction of sp³-hybridized carbons (Fsp3) is 0.958. The van der Waals surface area contributed by atoms with Crippen molar-refractivity contribution >= 4 is 29.4 Å². The van der Waals surface area contributed by atoms with Gasteiger partial charge >= 0.3 is 19.5 Å². The molecule has 2 N–H and O–H groups in total. The minimum absolute atomic E-state index is 0.00857. The number of esters is 1. The van der Waals surface area contributed by atoms with E-state index in [2.05, 4.69) is 58.7 Å². The molecule has 1 aliphatic heterocycles. The molecule has 0 spiro atoms. The molecule has 0 amide bonds. The van der Waals surface area contributed by atoms with Crippen molar-refractivity contribution in [2.75, 3.05) is 51.7 Å². The Bertz CT molecular complexity index is 1840. The molecule has 1 saturated heterocycles. The normalized spacial score (nSPS) is 43.0. The highest BCUT2D eigenvalue weighted by molar-refractivity contribution is 7.91. The molecule has 7 aliphatic rings. The van der Waals surface area contributed by atoms with E-state index in [-0.39, 0.29) is 92.9 Å². The molecule has 0 unspecified atom stereocenters. The third-order valence-corrected chi connectivity index (χ3v) is 23.5. The van der Waals surface area contributed by atoms with Gasteiger partial charge in [0, 0.05) is 57.3 Å². The Kier molecular flexibility index (Phi) is 13.3. The molecule has 0 aromatic carbocycles. The average Bonchev–Trinajstić information content (AvgIpc) is 3.51. The molecule has 0 aromatic heterocycles. The number of hydrogen-bond acceptors (Lipinski definition) is 11. The van der Waals surface area contributed by atoms with Gasteiger partial charge in [-0.2, -0.15) is 0 Å². The summed E-state index contributed by atoms with van der Waals surface area (Å²) in [5.41, 5.74) is -0.109. The molecule has 6 aliphatic carbocycles. The topological polar surface area (TPSA) is 158 Å². The molecule has 12 nitrogen and oxygen atoms in total. The molecule has 6 saturated carbocycles. The number of nitrogens with zero attached hydrogens (tertiary/aromatic N) is 1. The zero-order valence-electron chi connectivity index (χ0n) is 40.3. The number of sulfone groups is 1. The van der Waals surface area contributed by atoms with E-state index in [4.69, 9.17) is 18.5 Å². The largest absolute Gasteiger partial charge is 0.481 e. The number of ether oxygens (including phenoxy) is 2. The van der Waals surface area contributed by atoms with Crippen LogP contribution in [0.15, 0.2) is 0 Å². The molecule has 0 radical (unpaired) electrons. The quantitative estimate of drug-likeness (QED) is 0.119. The maximum absolute atomic E-state index is 13.7. The van der Waals surface area contributed by atoms with Crippen LogP contribution in [0.4, 0.5) is 0 Å². The van der Waals surface area contributed by atoms with Crippen LogP contribution in [0.3, 0.4) is 0 Å². The number of carbonyl (C=O) groups excluding carboxylic acids is 1. The van der Waals surface area contributed by atoms with Gasteiger partial charge in [0.15, 0.2) is 9.84 Å². The second-order valence-corrected chi connectivity index (χ2v) is 28.2. The van der Waals surface area contributed by atoms with E-state index >= 15 is 0 Å². The lowest BCUT2D eigenvalue weighted by Crippen LogP contribution is -2.69. The molecule has 7 rings (SSSR count). The van der Waals surface area contributed by atoms with Crippen LogP contribution in [0, 0.1) is 74.4 Å². The van der Waals surface area contributed by atoms with Crippen LogP contribution in [0.25, 0.3) is 0 Å². The minimum atomic E-state index is -3.40. The summed E-state index contributed by atoms with van der Waals surface area (Å²) in [7, 11) is -3.73. The minimum Gasteiger partial charge on any atom is -0.481 e. The molecule has 1 heterocycles. The third kappa shape index (κ3) is 8.13. The molecule has 14 heteroatoms. The SMILES string of the molecule is COP(=O)(CO[C@H](C)[C@@H](CN[C@]12CC[C@@H](C(C)C)[C@@H]1[C@H]1CC[C@@H]3[C@@]4(C)CC[C@H](OC(=O)[C@H]5[C@@H](CC(=O)O)C5(C)C)C(C)(C)[C@@H]4CC[C@@]3(C)[C@]1(C)CC2)N1CCS(=O)(=O)CC1)OC. The maximum atomic E-state index is 13.7. The molecule has 7 fully saturated rings. The Morgan fingerprint density at radius 1 is 0.823 bits per heavy atom. The van der Waals surface area contributed by atoms with Crippen molar-refractivity contribution in [2.24, 2.45) is 74.4 Å². The van der Waals surface area contributed by atoms with Crippen LogP contribution in [-0.2, 0) is 42.5 Å². The van der Waals surface area contributed by atoms with Crippen LogP contribution in [0.1, 0.15) is 140 Å². The Morgan fingerprint density at radius 3 is 2.10 bits per heavy atom. The zero-order chi connectivity index (χ0) is 45.6. The van der Waals surface area contributed by atoms with Crippen molar-refractivity contribution in [1.29, 1.82) is 0 Å². The number of carboxylic acids is 1. The predicted molar refractivity (Wildman–Crippen MR) is 241 cm³/mol. The van der Waals surface area contributed by atoms with Gasteiger partial charge in [-0.05, 0) is 134 Å². The molecule has 356 valence electrons. The third-order valence-electron chi connectivity index (χ3n) is 20.3. The van der Waals surface area contributed by atoms with Gasteiger partial charge in [0.1, 0.15) is 12.5 Å². The van der Waals surface area contributed by atoms with Crippen molar-refractivity contribution in [2.45, 2.75) is 164 Å². The van der Waals surface area contributed by atoms with Crippen LogP contribution in [0.2, 0.25) is 0 Å². The van der Waals surface area contributed by atoms with Gasteiger partial charge in [-0.1, -0.05) is 62.3 Å². The summed E-state index contributed by atoms with van der Waals surface area (Å²) in [6, 6.07) is -0.114. The van der Waals surface area contributed by atoms with Gasteiger partial charge in [-0.15, -0.1) is 0 Å². The number of nitrogens with one attached hydrogen (secondary N) is 1. The highest BCUT2D eigenvalue weighted by Crippen LogP contribution is 2.76. The van der Waals surface area contributed by atoms with Crippen molar-refractivity contribution in [3.8, 4) is 0 Å². The monoisotopic (exact) mass is 911 g/mol. The summed E-state index contributed by atoms with van der Waals surface area (Å²) < 4.78 is 61.3. The molecular formula is C48H83N2O10PS. The lowest BCUT2D eigenvalue weighted by Gasteiger charge is -2.73. The van der Waals surface area contributed by atoms with E-state index in [1.807, 2.05) is 20.8 Å². The zero-order valence-corrected chi connectivity index (χ0v) is 42.0. The number of aliphatic carboxylic acids is 1. The molecule has 62 heavy (non-hydrogen) atoms. The lowest BCUT2D eigenvalue weighted by atomic mass is 9.32. The van der Waals surface area contributed by atoms with Gasteiger partial charge in [0.2, 0.25) is 0 Å². The van der Waals surface area contributed by atoms with Crippen LogP contribution in [0.5, 0.6) is 0 Å². The molecule has 0 bridgehead atoms. The van der Waals surface area contributed by atoms with E-state index in [0.29, 0.717) is 55.1 Å². The summed E-state index contributed by atoms with van der Waals surface area (Å²) in [5, 5.41) is 13.8. The van der Waals surface area contributed by atoms with Gasteiger partial charge in [-0.25, -0.2) is 8.42 Å². The standard InChI is InChI=1S/C48H83N2O10PS/c1-30(2)32-15-20-48(49-28-35(50-23-25-62(55,56)26-24-50)31(3)59-29-61(54,57-11)58-12)22-21-46(9)33(40(32)48)13-14-37-45(8)18-17-38(44(6,7)36(45)16-19-47(37,46)10)60-42(53)41-34(27-39(51)52)43(41,4)5/h30-38,40-41,49H,13-29H2,1-12H3,(H,51,52)/t31-,32+,33-,34-,35-,36+,37-,38+,40-,41-,45+,46-,47-,48+/m1/s1. The first-order valence-electron chi connectivity index (χ1n) is 24.2. The highest BCUT2D eigenvalue weighted by atomic mass is 32.2. The Hall–Kier alpha value is -1.08. The highest BCUT2D eigenvalue weighted by Gasteiger charge is 2.72. The summed E-state index contributed by atoms with van der Waals surface area (Å²) in [5.74, 6) is 1.94. The van der Waals surface area contributed by atoms with E-state index in [9.17, 15) is 27.7 Å². The fourth-order valence-corrected chi connectivity index (χ4v) is 18.3. The summed E-state index contributed by atoms with van der Waals surface area (Å²) in [6.07, 6.45) is 10.6. The number of hydrogen-bond donors (Lipinski definition) is 2. The Balaban J connectivity index is 1.11. The van der Waals surface area contributed by atoms with Crippen LogP contribution < -0.4 is 5.32 Å². The summed E-state index contributed by atoms with van der Waals surface area (Å²) in [6.45, 7) is 25.0. The van der Waals surface area contributed by atoms with Crippen molar-refractivity contribution in [3.05, 3.63) is 0 Å². The van der Waals surface area contributed by atoms with E-state index in [1.54, 1.807) is 0 Å². The first-order valence-corrected chi connectivity index (χ1v) is 27.7. The second-order valence-electron chi connectivity index (χ2n) is 23.7. The van der Waals surface area contributed by atoms with E-state index in [0.717, 1.165) is 32.1 Å². The first kappa shape index (κ1) is 48.8. The number of rotatable bonds is 15. The van der Waals surface area contributed by atoms with Gasteiger partial charge < -0.3 is 28.9 Å². The van der Waals surface area contributed by atoms with Crippen LogP contribution in [-0.4, -0.2) is 106 Å². The van der Waals surface area contributed by atoms with Crippen molar-refractivity contribution < 1.29 is 46.2 Å². The Morgan fingerprint density at radius 2 is 1.48 bits per heavy atom. The lowest BCUT2D eigenvalue weighted by molar-refractivity contribution is -0.248. The van der Waals surface area contributed by atoms with Gasteiger partial charge in [0.05, 0.1) is 23.5 Å². The first-order chi connectivity index (χ1) is 28.8. The smallest absolute Gasteiger partial charge is 0.355 e. The predicted octanol–water partition coefficient (Wildman–Crippen LogP) is 8.67. The molecular weight excluding hydrogens is 828 g/mol. The van der Waals surface area contributed by atoms with E-state index < -0.39 is 23.4 Å². The maximum Gasteiger partial charge on any atom is 0.355 e. The van der Waals surface area contributed by atoms with E-state index in [1.165, 1.54) is 46.3 Å². The van der Waals surface area contributed by atoms with Gasteiger partial charge in [-0.3, -0.25) is 19.1 Å². The molecule has 14 atom stereocenters. The second kappa shape index (κ2) is 16.9. The number of fused-ring (bicyclic) bond motifs is 7. The Labute approximate surface area is 374 Å².